The third kappa shape index (κ3) is 12.4. The van der Waals surface area contributed by atoms with E-state index in [0.29, 0.717) is 12.2 Å². The van der Waals surface area contributed by atoms with Crippen molar-refractivity contribution in [3.05, 3.63) is 10.6 Å². The quantitative estimate of drug-likeness (QED) is 0.279. The number of unbranched alkanes of at least 4 members (excludes halogenated alkanes) is 10. The standard InChI is InChI=1S/C27H48N2OS.BrH/c1-3-5-7-9-11-14-19-24-26(20-16-12-10-8-6-4-2)31-27(29-24)22-25(30)23-18-15-13-17-21-28-23;/h23,28H,3-22H2,1-2H3;1H/q+1;/p-1. The van der Waals surface area contributed by atoms with E-state index in [2.05, 4.69) is 19.2 Å². The molecule has 2 aliphatic heterocycles. The van der Waals surface area contributed by atoms with E-state index in [4.69, 9.17) is 4.99 Å². The molecule has 1 N–H and O–H groups in total. The van der Waals surface area contributed by atoms with Crippen molar-refractivity contribution >= 4 is 22.6 Å². The minimum atomic E-state index is 0. The van der Waals surface area contributed by atoms with Crippen LogP contribution >= 0.6 is 11.8 Å². The summed E-state index contributed by atoms with van der Waals surface area (Å²) in [5.74, 6) is 0.355. The van der Waals surface area contributed by atoms with Gasteiger partial charge in [0, 0.05) is 6.42 Å². The fourth-order valence-corrected chi connectivity index (χ4v) is 5.78. The van der Waals surface area contributed by atoms with Gasteiger partial charge >= 0.3 is 0 Å². The van der Waals surface area contributed by atoms with E-state index in [9.17, 15) is 4.79 Å². The summed E-state index contributed by atoms with van der Waals surface area (Å²) in [4.78, 5) is 19.3. The first-order valence-corrected chi connectivity index (χ1v) is 14.3. The molecule has 0 aromatic heterocycles. The number of halogens is 1. The molecule has 1 fully saturated rings. The van der Waals surface area contributed by atoms with Crippen LogP contribution in [0.15, 0.2) is 10.6 Å². The monoisotopic (exact) mass is 527 g/mol. The molecule has 0 bridgehead atoms. The first-order chi connectivity index (χ1) is 15.2. The molecule has 0 saturated carbocycles. The molecule has 1 radical (unpaired) electrons. The number of aliphatic imine (C=N–C) groups is 1. The first-order valence-electron chi connectivity index (χ1n) is 13.5. The molecule has 5 heteroatoms. The van der Waals surface area contributed by atoms with E-state index in [1.807, 2.05) is 11.8 Å². The smallest absolute Gasteiger partial charge is 0.299 e. The van der Waals surface area contributed by atoms with Gasteiger partial charge in [0.2, 0.25) is 0 Å². The van der Waals surface area contributed by atoms with Crippen molar-refractivity contribution in [2.24, 2.45) is 0 Å². The van der Waals surface area contributed by atoms with Crippen LogP contribution in [0, 0.1) is 0 Å². The molecule has 185 valence electrons. The molecular weight excluding hydrogens is 480 g/mol. The number of allylic oxidation sites excluding steroid dienone is 2. The van der Waals surface area contributed by atoms with Gasteiger partial charge in [-0.05, 0) is 50.4 Å². The maximum atomic E-state index is 12.9. The van der Waals surface area contributed by atoms with Crippen molar-refractivity contribution in [2.75, 3.05) is 6.54 Å². The number of rotatable bonds is 17. The van der Waals surface area contributed by atoms with Gasteiger partial charge in [-0.2, -0.15) is 0 Å². The maximum absolute atomic E-state index is 12.9. The lowest BCUT2D eigenvalue weighted by Gasteiger charge is -2.12. The van der Waals surface area contributed by atoms with Gasteiger partial charge in [0.1, 0.15) is 6.42 Å². The number of carbonyl (C=O) groups is 1. The van der Waals surface area contributed by atoms with Crippen LogP contribution < -0.4 is 27.3 Å². The number of hydrogen-bond donors (Lipinski definition) is 1. The summed E-state index contributed by atoms with van der Waals surface area (Å²) in [5, 5.41) is 4.54. The summed E-state index contributed by atoms with van der Waals surface area (Å²) in [5.41, 5.74) is 1.31. The lowest BCUT2D eigenvalue weighted by atomic mass is 10.0. The Morgan fingerprint density at radius 3 is 2.19 bits per heavy atom. The Hall–Kier alpha value is -0.130. The Morgan fingerprint density at radius 2 is 1.50 bits per heavy atom. The maximum Gasteiger partial charge on any atom is 0.299 e. The Labute approximate surface area is 213 Å². The van der Waals surface area contributed by atoms with Crippen LogP contribution in [0.3, 0.4) is 0 Å². The molecule has 1 saturated heterocycles. The highest BCUT2D eigenvalue weighted by molar-refractivity contribution is 8.17. The summed E-state index contributed by atoms with van der Waals surface area (Å²) < 4.78 is 0. The van der Waals surface area contributed by atoms with Crippen LogP contribution in [0.5, 0.6) is 0 Å². The van der Waals surface area contributed by atoms with Gasteiger partial charge in [0.05, 0.1) is 15.9 Å². The fourth-order valence-electron chi connectivity index (χ4n) is 4.62. The summed E-state index contributed by atoms with van der Waals surface area (Å²) in [6, 6.07) is 0.0513. The zero-order valence-corrected chi connectivity index (χ0v) is 23.3. The molecular formula is C27H48BrN2OS. The van der Waals surface area contributed by atoms with E-state index in [-0.39, 0.29) is 23.0 Å². The van der Waals surface area contributed by atoms with Crippen molar-refractivity contribution in [3.63, 3.8) is 0 Å². The second kappa shape index (κ2) is 19.2. The SMILES string of the molecule is CCCCCCCCC1=C(CCCCCCCC)SC(CC(=O)C2CCCCCN2)=[N+]1.[Br-]. The highest BCUT2D eigenvalue weighted by Gasteiger charge is 2.34. The van der Waals surface area contributed by atoms with Crippen LogP contribution in [-0.2, 0) is 4.79 Å². The zero-order chi connectivity index (χ0) is 22.2. The largest absolute Gasteiger partial charge is 1.00 e. The van der Waals surface area contributed by atoms with Gasteiger partial charge in [-0.15, -0.1) is 0 Å². The van der Waals surface area contributed by atoms with Gasteiger partial charge in [0.15, 0.2) is 5.78 Å². The van der Waals surface area contributed by atoms with Crippen molar-refractivity contribution in [3.8, 4) is 0 Å². The van der Waals surface area contributed by atoms with Crippen LogP contribution in [-0.4, -0.2) is 23.4 Å². The predicted octanol–water partition coefficient (Wildman–Crippen LogP) is 4.68. The molecule has 2 rings (SSSR count). The average molecular weight is 529 g/mol. The van der Waals surface area contributed by atoms with Gasteiger partial charge in [-0.3, -0.25) is 4.79 Å². The molecule has 32 heavy (non-hydrogen) atoms. The summed E-state index contributed by atoms with van der Waals surface area (Å²) in [6.07, 6.45) is 23.4. The topological polar surface area (TPSA) is 43.2 Å². The fraction of sp³-hybridized carbons (Fsp3) is 0.852. The molecule has 0 aromatic rings. The molecule has 1 atom stereocenters. The van der Waals surface area contributed by atoms with E-state index in [1.54, 1.807) is 0 Å². The number of nitrogens with zero attached hydrogens (tertiary/aromatic N) is 1. The lowest BCUT2D eigenvalue weighted by molar-refractivity contribution is -0.119. The molecule has 0 aromatic carbocycles. The number of Topliss-reactive ketones (excluding diaryl/α,β-unsaturated/α-hetero) is 1. The van der Waals surface area contributed by atoms with Crippen molar-refractivity contribution in [2.45, 2.75) is 142 Å². The second-order valence-electron chi connectivity index (χ2n) is 9.51. The molecule has 2 heterocycles. The normalized spacial score (nSPS) is 18.9. The Morgan fingerprint density at radius 1 is 0.875 bits per heavy atom. The molecule has 2 aliphatic rings. The van der Waals surface area contributed by atoms with E-state index in [0.717, 1.165) is 30.9 Å². The van der Waals surface area contributed by atoms with Gasteiger partial charge in [-0.25, -0.2) is 0 Å². The third-order valence-electron chi connectivity index (χ3n) is 6.62. The van der Waals surface area contributed by atoms with Crippen molar-refractivity contribution in [1.29, 1.82) is 0 Å². The van der Waals surface area contributed by atoms with E-state index >= 15 is 0 Å². The van der Waals surface area contributed by atoms with Gasteiger partial charge < -0.3 is 22.3 Å². The predicted molar refractivity (Wildman–Crippen MR) is 138 cm³/mol. The minimum absolute atomic E-state index is 0. The lowest BCUT2D eigenvalue weighted by Crippen LogP contribution is -3.00. The zero-order valence-electron chi connectivity index (χ0n) is 20.9. The number of thioether (sulfide) groups is 1. The highest BCUT2D eigenvalue weighted by Crippen LogP contribution is 2.34. The van der Waals surface area contributed by atoms with Crippen LogP contribution in [0.4, 0.5) is 0 Å². The van der Waals surface area contributed by atoms with Crippen LogP contribution in [0.2, 0.25) is 0 Å². The van der Waals surface area contributed by atoms with Crippen LogP contribution in [0.25, 0.3) is 0 Å². The third-order valence-corrected chi connectivity index (χ3v) is 7.78. The number of carbonyl (C=O) groups excluding carboxylic acids is 1. The highest BCUT2D eigenvalue weighted by atomic mass is 79.9. The number of ketones is 1. The molecule has 0 spiro atoms. The number of nitrogens with one attached hydrogen (secondary N) is 1. The minimum Gasteiger partial charge on any atom is -1.00 e. The number of hydrogen-bond acceptors (Lipinski definition) is 4. The van der Waals surface area contributed by atoms with Crippen molar-refractivity contribution < 1.29 is 21.8 Å². The molecule has 0 amide bonds. The van der Waals surface area contributed by atoms with Crippen LogP contribution in [0.1, 0.15) is 136 Å². The Bertz CT molecular complexity index is 568. The first kappa shape index (κ1) is 29.9. The van der Waals surface area contributed by atoms with Crippen molar-refractivity contribution in [1.82, 2.24) is 10.3 Å². The molecule has 3 nitrogen and oxygen atoms in total. The van der Waals surface area contributed by atoms with E-state index < -0.39 is 0 Å². The van der Waals surface area contributed by atoms with Gasteiger partial charge in [-0.1, -0.05) is 90.9 Å². The summed E-state index contributed by atoms with van der Waals surface area (Å²) >= 11 is 1.84. The summed E-state index contributed by atoms with van der Waals surface area (Å²) in [7, 11) is 0. The second-order valence-corrected chi connectivity index (χ2v) is 10.7. The Balaban J connectivity index is 0.00000512. The average Bonchev–Trinajstić information content (AvgIpc) is 2.96. The summed E-state index contributed by atoms with van der Waals surface area (Å²) in [6.45, 7) is 5.54. The van der Waals surface area contributed by atoms with Gasteiger partial charge in [0.25, 0.3) is 10.7 Å². The van der Waals surface area contributed by atoms with E-state index in [1.165, 1.54) is 107 Å². The molecule has 1 unspecified atom stereocenters. The Kier molecular flexibility index (Phi) is 17.9. The molecule has 0 aliphatic carbocycles.